The number of amides is 1. The van der Waals surface area contributed by atoms with Gasteiger partial charge in [-0.2, -0.15) is 0 Å². The molecule has 1 aromatic carbocycles. The van der Waals surface area contributed by atoms with Gasteiger partial charge in [0.05, 0.1) is 19.3 Å². The molecule has 1 amide bonds. The molecule has 0 saturated heterocycles. The third-order valence-electron chi connectivity index (χ3n) is 2.63. The van der Waals surface area contributed by atoms with Crippen LogP contribution in [-0.4, -0.2) is 60.9 Å². The van der Waals surface area contributed by atoms with E-state index in [9.17, 15) is 14.7 Å². The van der Waals surface area contributed by atoms with E-state index >= 15 is 0 Å². The molecule has 0 fully saturated rings. The molecule has 0 aliphatic carbocycles. The standard InChI is InChI=1S/C13H17NO6/c1-19-7-6-14(8-11(15)16)13(18)9-4-3-5-10(20-2)12(9)17/h3-5,17H,6-8H2,1-2H3,(H,15,16). The largest absolute Gasteiger partial charge is 0.504 e. The lowest BCUT2D eigenvalue weighted by molar-refractivity contribution is -0.137. The Kier molecular flexibility index (Phi) is 5.79. The maximum Gasteiger partial charge on any atom is 0.323 e. The number of ether oxygens (including phenoxy) is 2. The minimum atomic E-state index is -1.14. The van der Waals surface area contributed by atoms with Gasteiger partial charge in [0.1, 0.15) is 6.54 Å². The summed E-state index contributed by atoms with van der Waals surface area (Å²) in [5.41, 5.74) is -0.0123. The smallest absolute Gasteiger partial charge is 0.323 e. The average molecular weight is 283 g/mol. The number of carbonyl (C=O) groups excluding carboxylic acids is 1. The van der Waals surface area contributed by atoms with Crippen molar-refractivity contribution >= 4 is 11.9 Å². The summed E-state index contributed by atoms with van der Waals surface area (Å²) in [4.78, 5) is 24.1. The van der Waals surface area contributed by atoms with Crippen LogP contribution in [0.3, 0.4) is 0 Å². The van der Waals surface area contributed by atoms with Gasteiger partial charge in [-0.3, -0.25) is 9.59 Å². The minimum Gasteiger partial charge on any atom is -0.504 e. The Hall–Kier alpha value is -2.28. The van der Waals surface area contributed by atoms with Crippen molar-refractivity contribution in [2.45, 2.75) is 0 Å². The summed E-state index contributed by atoms with van der Waals surface area (Å²) in [6.07, 6.45) is 0. The number of para-hydroxylation sites is 1. The van der Waals surface area contributed by atoms with Crippen LogP contribution in [0.1, 0.15) is 10.4 Å². The average Bonchev–Trinajstić information content (AvgIpc) is 2.42. The van der Waals surface area contributed by atoms with E-state index in [1.165, 1.54) is 26.4 Å². The van der Waals surface area contributed by atoms with Gasteiger partial charge >= 0.3 is 5.97 Å². The number of methoxy groups -OCH3 is 2. The molecule has 0 aromatic heterocycles. The zero-order valence-electron chi connectivity index (χ0n) is 11.3. The number of hydrogen-bond acceptors (Lipinski definition) is 5. The van der Waals surface area contributed by atoms with Gasteiger partial charge < -0.3 is 24.6 Å². The normalized spacial score (nSPS) is 10.1. The van der Waals surface area contributed by atoms with E-state index < -0.39 is 18.4 Å². The van der Waals surface area contributed by atoms with Gasteiger partial charge in [-0.1, -0.05) is 6.07 Å². The number of carboxylic acid groups (broad SMARTS) is 1. The number of aliphatic carboxylic acids is 1. The minimum absolute atomic E-state index is 0.0123. The predicted octanol–water partition coefficient (Wildman–Crippen LogP) is 0.574. The van der Waals surface area contributed by atoms with Crippen LogP contribution < -0.4 is 4.74 Å². The molecular weight excluding hydrogens is 266 g/mol. The Bertz CT molecular complexity index is 488. The van der Waals surface area contributed by atoms with Crippen LogP contribution >= 0.6 is 0 Å². The van der Waals surface area contributed by atoms with Gasteiger partial charge in [-0.05, 0) is 12.1 Å². The van der Waals surface area contributed by atoms with Gasteiger partial charge in [0, 0.05) is 13.7 Å². The van der Waals surface area contributed by atoms with E-state index in [0.29, 0.717) is 0 Å². The van der Waals surface area contributed by atoms with Gasteiger partial charge in [0.2, 0.25) is 0 Å². The van der Waals surface area contributed by atoms with Crippen LogP contribution in [-0.2, 0) is 9.53 Å². The fraction of sp³-hybridized carbons (Fsp3) is 0.385. The summed E-state index contributed by atoms with van der Waals surface area (Å²) in [5.74, 6) is -1.90. The summed E-state index contributed by atoms with van der Waals surface area (Å²) < 4.78 is 9.76. The van der Waals surface area contributed by atoms with Gasteiger partial charge in [0.15, 0.2) is 11.5 Å². The van der Waals surface area contributed by atoms with Crippen molar-refractivity contribution in [1.82, 2.24) is 4.90 Å². The lowest BCUT2D eigenvalue weighted by Gasteiger charge is -2.21. The van der Waals surface area contributed by atoms with Crippen LogP contribution in [0.5, 0.6) is 11.5 Å². The third-order valence-corrected chi connectivity index (χ3v) is 2.63. The topological polar surface area (TPSA) is 96.3 Å². The number of hydrogen-bond donors (Lipinski definition) is 2. The fourth-order valence-corrected chi connectivity index (χ4v) is 1.65. The second-order valence-electron chi connectivity index (χ2n) is 3.97. The van der Waals surface area contributed by atoms with E-state index in [1.54, 1.807) is 6.07 Å². The molecule has 0 spiro atoms. The van der Waals surface area contributed by atoms with Crippen LogP contribution in [0.4, 0.5) is 0 Å². The molecule has 0 radical (unpaired) electrons. The summed E-state index contributed by atoms with van der Waals surface area (Å²) >= 11 is 0. The van der Waals surface area contributed by atoms with Crippen LogP contribution in [0, 0.1) is 0 Å². The Morgan fingerprint density at radius 1 is 1.30 bits per heavy atom. The molecular formula is C13H17NO6. The zero-order valence-corrected chi connectivity index (χ0v) is 11.3. The van der Waals surface area contributed by atoms with E-state index in [1.807, 2.05) is 0 Å². The summed E-state index contributed by atoms with van der Waals surface area (Å²) in [6.45, 7) is -0.166. The van der Waals surface area contributed by atoms with E-state index in [0.717, 1.165) is 4.90 Å². The van der Waals surface area contributed by atoms with Crippen LogP contribution in [0.2, 0.25) is 0 Å². The first-order valence-corrected chi connectivity index (χ1v) is 5.87. The predicted molar refractivity (Wildman–Crippen MR) is 70.1 cm³/mol. The fourth-order valence-electron chi connectivity index (χ4n) is 1.65. The molecule has 0 unspecified atom stereocenters. The molecule has 2 N–H and O–H groups in total. The van der Waals surface area contributed by atoms with Crippen molar-refractivity contribution in [3.05, 3.63) is 23.8 Å². The summed E-state index contributed by atoms with van der Waals surface area (Å²) in [5, 5.41) is 18.7. The van der Waals surface area contributed by atoms with Crippen molar-refractivity contribution in [1.29, 1.82) is 0 Å². The van der Waals surface area contributed by atoms with Crippen molar-refractivity contribution in [2.24, 2.45) is 0 Å². The molecule has 7 heteroatoms. The van der Waals surface area contributed by atoms with E-state index in [4.69, 9.17) is 14.6 Å². The second-order valence-corrected chi connectivity index (χ2v) is 3.97. The molecule has 20 heavy (non-hydrogen) atoms. The Morgan fingerprint density at radius 3 is 2.55 bits per heavy atom. The van der Waals surface area contributed by atoms with Gasteiger partial charge in [-0.15, -0.1) is 0 Å². The number of phenolic OH excluding ortho intramolecular Hbond substituents is 1. The number of carboxylic acids is 1. The molecule has 0 aliphatic heterocycles. The number of carbonyl (C=O) groups is 2. The molecule has 1 aromatic rings. The Balaban J connectivity index is 3.01. The first kappa shape index (κ1) is 15.8. The highest BCUT2D eigenvalue weighted by atomic mass is 16.5. The number of benzene rings is 1. The highest BCUT2D eigenvalue weighted by Gasteiger charge is 2.22. The molecule has 0 heterocycles. The first-order chi connectivity index (χ1) is 9.51. The van der Waals surface area contributed by atoms with Crippen molar-refractivity contribution in [2.75, 3.05) is 33.9 Å². The van der Waals surface area contributed by atoms with Crippen molar-refractivity contribution < 1.29 is 29.3 Å². The summed E-state index contributed by atoms with van der Waals surface area (Å²) in [6, 6.07) is 4.45. The number of nitrogens with zero attached hydrogens (tertiary/aromatic N) is 1. The highest BCUT2D eigenvalue weighted by Crippen LogP contribution is 2.30. The van der Waals surface area contributed by atoms with Crippen molar-refractivity contribution in [3.8, 4) is 11.5 Å². The molecule has 0 atom stereocenters. The lowest BCUT2D eigenvalue weighted by Crippen LogP contribution is -2.38. The molecule has 110 valence electrons. The van der Waals surface area contributed by atoms with E-state index in [2.05, 4.69) is 0 Å². The van der Waals surface area contributed by atoms with E-state index in [-0.39, 0.29) is 30.2 Å². The third kappa shape index (κ3) is 3.86. The molecule has 1 rings (SSSR count). The number of rotatable bonds is 7. The van der Waals surface area contributed by atoms with Crippen LogP contribution in [0.15, 0.2) is 18.2 Å². The number of phenols is 1. The second kappa shape index (κ2) is 7.34. The highest BCUT2D eigenvalue weighted by molar-refractivity contribution is 5.98. The van der Waals surface area contributed by atoms with Gasteiger partial charge in [0.25, 0.3) is 5.91 Å². The molecule has 0 bridgehead atoms. The number of aromatic hydroxyl groups is 1. The summed E-state index contributed by atoms with van der Waals surface area (Å²) in [7, 11) is 2.82. The SMILES string of the molecule is COCCN(CC(=O)O)C(=O)c1cccc(OC)c1O. The molecule has 0 aliphatic rings. The molecule has 7 nitrogen and oxygen atoms in total. The quantitative estimate of drug-likeness (QED) is 0.759. The Labute approximate surface area is 116 Å². The monoisotopic (exact) mass is 283 g/mol. The van der Waals surface area contributed by atoms with Gasteiger partial charge in [-0.25, -0.2) is 0 Å². The van der Waals surface area contributed by atoms with Crippen molar-refractivity contribution in [3.63, 3.8) is 0 Å². The first-order valence-electron chi connectivity index (χ1n) is 5.87. The maximum absolute atomic E-state index is 12.3. The van der Waals surface area contributed by atoms with Crippen LogP contribution in [0.25, 0.3) is 0 Å². The lowest BCUT2D eigenvalue weighted by atomic mass is 10.1. The molecule has 0 saturated carbocycles. The maximum atomic E-state index is 12.3. The zero-order chi connectivity index (χ0) is 15.1. The Morgan fingerprint density at radius 2 is 2.00 bits per heavy atom.